The van der Waals surface area contributed by atoms with Crippen LogP contribution in [-0.2, 0) is 0 Å². The normalized spacial score (nSPS) is 12.0. The Hall–Kier alpha value is -1.03. The van der Waals surface area contributed by atoms with Gasteiger partial charge in [-0.05, 0) is 37.5 Å². The summed E-state index contributed by atoms with van der Waals surface area (Å²) in [5, 5.41) is 2.91. The molecular weight excluding hydrogens is 294 g/mol. The molecule has 0 aromatic heterocycles. The molecule has 1 unspecified atom stereocenters. The molecule has 0 radical (unpaired) electrons. The zero-order chi connectivity index (χ0) is 13.5. The summed E-state index contributed by atoms with van der Waals surface area (Å²) < 4.78 is 5.21. The van der Waals surface area contributed by atoms with Crippen LogP contribution in [0.2, 0.25) is 0 Å². The van der Waals surface area contributed by atoms with Crippen molar-refractivity contribution in [3.05, 3.63) is 29.3 Å². The van der Waals surface area contributed by atoms with Gasteiger partial charge in [-0.15, -0.1) is 0 Å². The lowest BCUT2D eigenvalue weighted by molar-refractivity contribution is 0.0953. The van der Waals surface area contributed by atoms with E-state index in [1.54, 1.807) is 13.2 Å². The number of carbonyl (C=O) groups is 1. The Labute approximate surface area is 117 Å². The molecule has 0 aliphatic carbocycles. The summed E-state index contributed by atoms with van der Waals surface area (Å²) in [5.74, 6) is 0.693. The lowest BCUT2D eigenvalue weighted by Gasteiger charge is -2.10. The quantitative estimate of drug-likeness (QED) is 0.818. The Kier molecular flexibility index (Phi) is 6.19. The van der Waals surface area contributed by atoms with Gasteiger partial charge in [0.1, 0.15) is 5.75 Å². The average molecular weight is 314 g/mol. The van der Waals surface area contributed by atoms with E-state index in [9.17, 15) is 4.79 Å². The molecule has 4 heteroatoms. The van der Waals surface area contributed by atoms with Gasteiger partial charge in [-0.25, -0.2) is 0 Å². The van der Waals surface area contributed by atoms with E-state index in [-0.39, 0.29) is 5.91 Å². The van der Waals surface area contributed by atoms with E-state index in [4.69, 9.17) is 4.74 Å². The van der Waals surface area contributed by atoms with Crippen LogP contribution in [-0.4, -0.2) is 24.4 Å². The predicted octanol–water partition coefficient (Wildman–Crippen LogP) is 3.30. The molecule has 0 fully saturated rings. The highest BCUT2D eigenvalue weighted by atomic mass is 79.9. The number of hydrogen-bond donors (Lipinski definition) is 1. The van der Waals surface area contributed by atoms with Crippen LogP contribution in [0.3, 0.4) is 0 Å². The highest BCUT2D eigenvalue weighted by Crippen LogP contribution is 2.18. The van der Waals surface area contributed by atoms with Crippen LogP contribution in [0.1, 0.15) is 35.7 Å². The number of halogens is 1. The maximum Gasteiger partial charge on any atom is 0.251 e. The minimum atomic E-state index is -0.0518. The van der Waals surface area contributed by atoms with Crippen molar-refractivity contribution in [1.82, 2.24) is 5.32 Å². The fourth-order valence-corrected chi connectivity index (χ4v) is 1.84. The molecule has 1 aromatic rings. The van der Waals surface area contributed by atoms with Gasteiger partial charge in [0.25, 0.3) is 5.91 Å². The molecule has 0 aliphatic heterocycles. The predicted molar refractivity (Wildman–Crippen MR) is 77.7 cm³/mol. The summed E-state index contributed by atoms with van der Waals surface area (Å²) in [6.45, 7) is 4.75. The molecule has 1 rings (SSSR count). The molecular formula is C14H20BrNO2. The number of benzene rings is 1. The summed E-state index contributed by atoms with van der Waals surface area (Å²) in [6, 6.07) is 5.49. The highest BCUT2D eigenvalue weighted by Gasteiger charge is 2.08. The van der Waals surface area contributed by atoms with Gasteiger partial charge in [-0.3, -0.25) is 4.79 Å². The maximum atomic E-state index is 11.9. The molecule has 0 saturated carbocycles. The van der Waals surface area contributed by atoms with Gasteiger partial charge in [-0.1, -0.05) is 28.9 Å². The highest BCUT2D eigenvalue weighted by molar-refractivity contribution is 9.09. The SMILES string of the molecule is CCC(Br)CCNC(=O)c1ccc(C)c(OC)c1. The zero-order valence-electron chi connectivity index (χ0n) is 11.1. The number of methoxy groups -OCH3 is 1. The fourth-order valence-electron chi connectivity index (χ4n) is 1.61. The van der Waals surface area contributed by atoms with E-state index in [2.05, 4.69) is 28.2 Å². The fraction of sp³-hybridized carbons (Fsp3) is 0.500. The number of carbonyl (C=O) groups excluding carboxylic acids is 1. The minimum absolute atomic E-state index is 0.0518. The van der Waals surface area contributed by atoms with Crippen LogP contribution in [0.5, 0.6) is 5.75 Å². The molecule has 0 aliphatic rings. The van der Waals surface area contributed by atoms with E-state index in [1.165, 1.54) is 0 Å². The first-order chi connectivity index (χ1) is 8.58. The van der Waals surface area contributed by atoms with Gasteiger partial charge >= 0.3 is 0 Å². The summed E-state index contributed by atoms with van der Waals surface area (Å²) in [5.41, 5.74) is 1.67. The Morgan fingerprint density at radius 1 is 1.50 bits per heavy atom. The van der Waals surface area contributed by atoms with E-state index >= 15 is 0 Å². The second-order valence-electron chi connectivity index (χ2n) is 4.23. The number of hydrogen-bond acceptors (Lipinski definition) is 2. The second kappa shape index (κ2) is 7.41. The van der Waals surface area contributed by atoms with Crippen LogP contribution in [0.4, 0.5) is 0 Å². The first-order valence-electron chi connectivity index (χ1n) is 6.15. The molecule has 1 atom stereocenters. The largest absolute Gasteiger partial charge is 0.496 e. The molecule has 1 amide bonds. The van der Waals surface area contributed by atoms with E-state index in [1.807, 2.05) is 19.1 Å². The molecule has 0 saturated heterocycles. The number of alkyl halides is 1. The van der Waals surface area contributed by atoms with Crippen molar-refractivity contribution in [2.24, 2.45) is 0 Å². The Morgan fingerprint density at radius 3 is 2.83 bits per heavy atom. The van der Waals surface area contributed by atoms with Gasteiger partial charge in [0.15, 0.2) is 0 Å². The van der Waals surface area contributed by atoms with Gasteiger partial charge in [-0.2, -0.15) is 0 Å². The summed E-state index contributed by atoms with van der Waals surface area (Å²) in [4.78, 5) is 12.4. The third-order valence-corrected chi connectivity index (χ3v) is 3.96. The number of nitrogens with one attached hydrogen (secondary N) is 1. The van der Waals surface area contributed by atoms with Crippen molar-refractivity contribution >= 4 is 21.8 Å². The van der Waals surface area contributed by atoms with E-state index in [0.29, 0.717) is 16.9 Å². The monoisotopic (exact) mass is 313 g/mol. The second-order valence-corrected chi connectivity index (χ2v) is 5.53. The number of aryl methyl sites for hydroxylation is 1. The molecule has 1 N–H and O–H groups in total. The lowest BCUT2D eigenvalue weighted by Crippen LogP contribution is -2.26. The van der Waals surface area contributed by atoms with Crippen molar-refractivity contribution in [3.63, 3.8) is 0 Å². The van der Waals surface area contributed by atoms with Gasteiger partial charge in [0, 0.05) is 16.9 Å². The third kappa shape index (κ3) is 4.33. The van der Waals surface area contributed by atoms with Gasteiger partial charge in [0.2, 0.25) is 0 Å². The average Bonchev–Trinajstić information content (AvgIpc) is 2.38. The minimum Gasteiger partial charge on any atom is -0.496 e. The standard InChI is InChI=1S/C14H20BrNO2/c1-4-12(15)7-8-16-14(17)11-6-5-10(2)13(9-11)18-3/h5-6,9,12H,4,7-8H2,1-3H3,(H,16,17). The Bertz CT molecular complexity index is 407. The van der Waals surface area contributed by atoms with Gasteiger partial charge in [0.05, 0.1) is 7.11 Å². The molecule has 0 heterocycles. The van der Waals surface area contributed by atoms with Crippen molar-refractivity contribution in [2.75, 3.05) is 13.7 Å². The molecule has 3 nitrogen and oxygen atoms in total. The van der Waals surface area contributed by atoms with Crippen LogP contribution in [0.25, 0.3) is 0 Å². The molecule has 1 aromatic carbocycles. The smallest absolute Gasteiger partial charge is 0.251 e. The van der Waals surface area contributed by atoms with Gasteiger partial charge < -0.3 is 10.1 Å². The molecule has 100 valence electrons. The zero-order valence-corrected chi connectivity index (χ0v) is 12.7. The van der Waals surface area contributed by atoms with E-state index < -0.39 is 0 Å². The summed E-state index contributed by atoms with van der Waals surface area (Å²) in [6.07, 6.45) is 2.00. The number of ether oxygens (including phenoxy) is 1. The van der Waals surface area contributed by atoms with Crippen molar-refractivity contribution < 1.29 is 9.53 Å². The van der Waals surface area contributed by atoms with E-state index in [0.717, 1.165) is 24.2 Å². The van der Waals surface area contributed by atoms with Crippen LogP contribution < -0.4 is 10.1 Å². The first-order valence-corrected chi connectivity index (χ1v) is 7.07. The number of rotatable bonds is 6. The lowest BCUT2D eigenvalue weighted by atomic mass is 10.1. The molecule has 0 spiro atoms. The van der Waals surface area contributed by atoms with Crippen molar-refractivity contribution in [1.29, 1.82) is 0 Å². The van der Waals surface area contributed by atoms with Crippen LogP contribution >= 0.6 is 15.9 Å². The topological polar surface area (TPSA) is 38.3 Å². The Balaban J connectivity index is 2.56. The van der Waals surface area contributed by atoms with Crippen molar-refractivity contribution in [2.45, 2.75) is 31.5 Å². The Morgan fingerprint density at radius 2 is 2.22 bits per heavy atom. The third-order valence-electron chi connectivity index (χ3n) is 2.86. The van der Waals surface area contributed by atoms with Crippen LogP contribution in [0.15, 0.2) is 18.2 Å². The first kappa shape index (κ1) is 15.0. The van der Waals surface area contributed by atoms with Crippen molar-refractivity contribution in [3.8, 4) is 5.75 Å². The number of amides is 1. The maximum absolute atomic E-state index is 11.9. The summed E-state index contributed by atoms with van der Waals surface area (Å²) in [7, 11) is 1.61. The van der Waals surface area contributed by atoms with Crippen LogP contribution in [0, 0.1) is 6.92 Å². The molecule has 18 heavy (non-hydrogen) atoms. The molecule has 0 bridgehead atoms. The summed E-state index contributed by atoms with van der Waals surface area (Å²) >= 11 is 3.54.